The van der Waals surface area contributed by atoms with E-state index in [1.807, 2.05) is 41.8 Å². The molecule has 3 rings (SSSR count). The number of benzene rings is 1. The number of nitrogens with one attached hydrogen (secondary N) is 1. The molecule has 2 N–H and O–H groups in total. The molecule has 0 fully saturated rings. The molecule has 23 heavy (non-hydrogen) atoms. The van der Waals surface area contributed by atoms with E-state index < -0.39 is 0 Å². The van der Waals surface area contributed by atoms with Gasteiger partial charge in [0.2, 0.25) is 0 Å². The summed E-state index contributed by atoms with van der Waals surface area (Å²) in [4.78, 5) is 1.09. The molecule has 120 valence electrons. The Kier molecular flexibility index (Phi) is 5.58. The van der Waals surface area contributed by atoms with Crippen LogP contribution in [0.4, 0.5) is 0 Å². The Bertz CT molecular complexity index is 695. The Balaban J connectivity index is 1.64. The second-order valence-electron chi connectivity index (χ2n) is 5.37. The molecule has 4 nitrogen and oxygen atoms in total. The molecule has 5 heteroatoms. The van der Waals surface area contributed by atoms with Crippen LogP contribution in [0.2, 0.25) is 0 Å². The third-order valence-electron chi connectivity index (χ3n) is 3.71. The Morgan fingerprint density at radius 3 is 2.78 bits per heavy atom. The maximum absolute atomic E-state index is 9.10. The minimum absolute atomic E-state index is 0.199. The summed E-state index contributed by atoms with van der Waals surface area (Å²) < 4.78 is 5.41. The largest absolute Gasteiger partial charge is 0.396 e. The van der Waals surface area contributed by atoms with Gasteiger partial charge in [0, 0.05) is 25.3 Å². The van der Waals surface area contributed by atoms with Gasteiger partial charge in [-0.05, 0) is 29.9 Å². The van der Waals surface area contributed by atoms with Crippen LogP contribution in [0.1, 0.15) is 30.1 Å². The first-order valence-electron chi connectivity index (χ1n) is 7.75. The molecule has 0 radical (unpaired) electrons. The normalized spacial score (nSPS) is 12.4. The van der Waals surface area contributed by atoms with Crippen LogP contribution >= 0.6 is 11.3 Å². The van der Waals surface area contributed by atoms with Crippen LogP contribution in [-0.4, -0.2) is 16.9 Å². The first-order valence-corrected chi connectivity index (χ1v) is 8.63. The lowest BCUT2D eigenvalue weighted by Gasteiger charge is -2.18. The van der Waals surface area contributed by atoms with Crippen LogP contribution in [0.3, 0.4) is 0 Å². The molecule has 0 spiro atoms. The van der Waals surface area contributed by atoms with Crippen molar-refractivity contribution in [3.05, 3.63) is 65.2 Å². The van der Waals surface area contributed by atoms with Gasteiger partial charge in [0.1, 0.15) is 0 Å². The summed E-state index contributed by atoms with van der Waals surface area (Å²) in [6, 6.07) is 16.5. The van der Waals surface area contributed by atoms with Crippen LogP contribution < -0.4 is 5.32 Å². The highest BCUT2D eigenvalue weighted by Crippen LogP contribution is 2.25. The fourth-order valence-electron chi connectivity index (χ4n) is 2.53. The molecular weight excluding hydrogens is 308 g/mol. The molecule has 1 unspecified atom stereocenters. The van der Waals surface area contributed by atoms with Crippen molar-refractivity contribution in [2.75, 3.05) is 6.61 Å². The number of aliphatic hydroxyl groups excluding tert-OH is 1. The Hall–Kier alpha value is -1.95. The highest BCUT2D eigenvalue weighted by atomic mass is 32.1. The second kappa shape index (κ2) is 8.06. The van der Waals surface area contributed by atoms with Crippen molar-refractivity contribution in [2.24, 2.45) is 0 Å². The number of hydrogen-bond donors (Lipinski definition) is 2. The number of thiophene rings is 1. The lowest BCUT2D eigenvalue weighted by molar-refractivity contribution is 0.274. The van der Waals surface area contributed by atoms with E-state index in [1.165, 1.54) is 5.56 Å². The van der Waals surface area contributed by atoms with Gasteiger partial charge in [0.15, 0.2) is 5.76 Å². The van der Waals surface area contributed by atoms with Gasteiger partial charge in [-0.15, -0.1) is 11.3 Å². The van der Waals surface area contributed by atoms with Gasteiger partial charge >= 0.3 is 0 Å². The number of hydrogen-bond acceptors (Lipinski definition) is 5. The number of aromatic nitrogens is 1. The molecule has 2 heterocycles. The predicted octanol–water partition coefficient (Wildman–Crippen LogP) is 4.01. The molecule has 0 aliphatic carbocycles. The van der Waals surface area contributed by atoms with E-state index >= 15 is 0 Å². The van der Waals surface area contributed by atoms with E-state index in [4.69, 9.17) is 9.63 Å². The summed E-state index contributed by atoms with van der Waals surface area (Å²) in [5.41, 5.74) is 2.11. The lowest BCUT2D eigenvalue weighted by Crippen LogP contribution is -2.21. The van der Waals surface area contributed by atoms with Crippen molar-refractivity contribution in [2.45, 2.75) is 25.4 Å². The SMILES string of the molecule is OCCCC(NCc1cc(-c2cccs2)on1)c1ccccc1. The monoisotopic (exact) mass is 328 g/mol. The van der Waals surface area contributed by atoms with E-state index in [9.17, 15) is 0 Å². The van der Waals surface area contributed by atoms with E-state index in [1.54, 1.807) is 11.3 Å². The Labute approximate surface area is 139 Å². The molecule has 0 aliphatic heterocycles. The van der Waals surface area contributed by atoms with E-state index in [-0.39, 0.29) is 12.6 Å². The zero-order valence-corrected chi connectivity index (χ0v) is 13.6. The van der Waals surface area contributed by atoms with Crippen molar-refractivity contribution in [1.29, 1.82) is 0 Å². The van der Waals surface area contributed by atoms with E-state index in [0.717, 1.165) is 29.2 Å². The zero-order chi connectivity index (χ0) is 15.9. The van der Waals surface area contributed by atoms with Crippen LogP contribution in [0, 0.1) is 0 Å². The average molecular weight is 328 g/mol. The van der Waals surface area contributed by atoms with Crippen molar-refractivity contribution >= 4 is 11.3 Å². The quantitative estimate of drug-likeness (QED) is 0.656. The van der Waals surface area contributed by atoms with Crippen molar-refractivity contribution in [1.82, 2.24) is 10.5 Å². The number of rotatable bonds is 8. The molecule has 1 aromatic carbocycles. The van der Waals surface area contributed by atoms with Gasteiger partial charge in [-0.2, -0.15) is 0 Å². The van der Waals surface area contributed by atoms with Crippen LogP contribution in [-0.2, 0) is 6.54 Å². The topological polar surface area (TPSA) is 58.3 Å². The Morgan fingerprint density at radius 2 is 2.04 bits per heavy atom. The summed E-state index contributed by atoms with van der Waals surface area (Å²) in [6.07, 6.45) is 1.65. The third-order valence-corrected chi connectivity index (χ3v) is 4.59. The predicted molar refractivity (Wildman–Crippen MR) is 92.2 cm³/mol. The van der Waals surface area contributed by atoms with Crippen molar-refractivity contribution in [3.8, 4) is 10.6 Å². The summed E-state index contributed by atoms with van der Waals surface area (Å²) >= 11 is 1.64. The van der Waals surface area contributed by atoms with E-state index in [0.29, 0.717) is 6.54 Å². The van der Waals surface area contributed by atoms with Gasteiger partial charge in [-0.3, -0.25) is 0 Å². The molecule has 0 bridgehead atoms. The first kappa shape index (κ1) is 15.9. The van der Waals surface area contributed by atoms with Crippen molar-refractivity contribution < 1.29 is 9.63 Å². The molecule has 0 aliphatic rings. The highest BCUT2D eigenvalue weighted by Gasteiger charge is 2.13. The number of aliphatic hydroxyl groups is 1. The number of nitrogens with zero attached hydrogens (tertiary/aromatic N) is 1. The zero-order valence-electron chi connectivity index (χ0n) is 12.8. The highest BCUT2D eigenvalue weighted by molar-refractivity contribution is 7.13. The molecule has 1 atom stereocenters. The lowest BCUT2D eigenvalue weighted by atomic mass is 10.0. The third kappa shape index (κ3) is 4.28. The molecule has 3 aromatic rings. The fourth-order valence-corrected chi connectivity index (χ4v) is 3.20. The molecule has 0 amide bonds. The van der Waals surface area contributed by atoms with Crippen LogP contribution in [0.5, 0.6) is 0 Å². The first-order chi connectivity index (χ1) is 11.4. The van der Waals surface area contributed by atoms with Gasteiger partial charge in [0.25, 0.3) is 0 Å². The average Bonchev–Trinajstić information content (AvgIpc) is 3.27. The second-order valence-corrected chi connectivity index (χ2v) is 6.32. The smallest absolute Gasteiger partial charge is 0.177 e. The van der Waals surface area contributed by atoms with Gasteiger partial charge < -0.3 is 14.9 Å². The van der Waals surface area contributed by atoms with E-state index in [2.05, 4.69) is 22.6 Å². The maximum atomic E-state index is 9.10. The maximum Gasteiger partial charge on any atom is 0.177 e. The summed E-state index contributed by atoms with van der Waals surface area (Å²) in [5.74, 6) is 0.809. The summed E-state index contributed by atoms with van der Waals surface area (Å²) in [5, 5.41) is 18.8. The van der Waals surface area contributed by atoms with Crippen molar-refractivity contribution in [3.63, 3.8) is 0 Å². The Morgan fingerprint density at radius 1 is 1.17 bits per heavy atom. The molecular formula is C18H20N2O2S. The minimum atomic E-state index is 0.199. The summed E-state index contributed by atoms with van der Waals surface area (Å²) in [6.45, 7) is 0.845. The fraction of sp³-hybridized carbons (Fsp3) is 0.278. The van der Waals surface area contributed by atoms with Gasteiger partial charge in [-0.25, -0.2) is 0 Å². The standard InChI is InChI=1S/C18H20N2O2S/c21-10-4-8-16(14-6-2-1-3-7-14)19-13-15-12-17(22-20-15)18-9-5-11-23-18/h1-3,5-7,9,11-12,16,19,21H,4,8,10,13H2. The van der Waals surface area contributed by atoms with Gasteiger partial charge in [-0.1, -0.05) is 41.6 Å². The molecule has 2 aromatic heterocycles. The van der Waals surface area contributed by atoms with Crippen LogP contribution in [0.15, 0.2) is 58.4 Å². The van der Waals surface area contributed by atoms with Crippen LogP contribution in [0.25, 0.3) is 10.6 Å². The minimum Gasteiger partial charge on any atom is -0.396 e. The molecule has 0 saturated carbocycles. The van der Waals surface area contributed by atoms with Gasteiger partial charge in [0.05, 0.1) is 10.6 Å². The summed E-state index contributed by atoms with van der Waals surface area (Å²) in [7, 11) is 0. The molecule has 0 saturated heterocycles.